The normalized spacial score (nSPS) is 10.8. The molecule has 196 valence electrons. The zero-order chi connectivity index (χ0) is 28.3. The molecule has 0 heterocycles. The average Bonchev–Trinajstić information content (AvgIpc) is 2.99. The average molecular weight is 549 g/mol. The number of benzene rings is 6. The maximum Gasteiger partial charge on any atom is 0.240 e. The quantitative estimate of drug-likeness (QED) is 0.154. The smallest absolute Gasteiger partial charge is 0.211 e. The molecule has 0 spiro atoms. The van der Waals surface area contributed by atoms with Crippen molar-refractivity contribution in [3.63, 3.8) is 0 Å². The number of hydrogen-bond acceptors (Lipinski definition) is 5. The van der Waals surface area contributed by atoms with Crippen molar-refractivity contribution in [2.45, 2.75) is 23.6 Å². The van der Waals surface area contributed by atoms with E-state index in [9.17, 15) is 9.59 Å². The van der Waals surface area contributed by atoms with Gasteiger partial charge in [0.05, 0.1) is 11.4 Å². The molecule has 4 nitrogen and oxygen atoms in total. The fourth-order valence-corrected chi connectivity index (χ4v) is 6.67. The number of hydrogen-bond donors (Lipinski definition) is 0. The van der Waals surface area contributed by atoms with Crippen LogP contribution in [0.1, 0.15) is 11.1 Å². The van der Waals surface area contributed by atoms with Crippen LogP contribution in [0.25, 0.3) is 43.8 Å². The lowest BCUT2D eigenvalue weighted by Crippen LogP contribution is -1.89. The molecule has 0 aliphatic heterocycles. The number of isocyanates is 2. The summed E-state index contributed by atoms with van der Waals surface area (Å²) in [5.41, 5.74) is 7.70. The van der Waals surface area contributed by atoms with E-state index in [0.717, 1.165) is 64.7 Å². The van der Waals surface area contributed by atoms with E-state index in [2.05, 4.69) is 58.5 Å². The van der Waals surface area contributed by atoms with Gasteiger partial charge in [-0.3, -0.25) is 0 Å². The third kappa shape index (κ3) is 4.80. The van der Waals surface area contributed by atoms with Gasteiger partial charge in [-0.2, -0.15) is 9.98 Å². The van der Waals surface area contributed by atoms with E-state index in [4.69, 9.17) is 0 Å². The first-order valence-corrected chi connectivity index (χ1v) is 14.0. The Hall–Kier alpha value is -5.05. The van der Waals surface area contributed by atoms with Gasteiger partial charge in [0.15, 0.2) is 0 Å². The van der Waals surface area contributed by atoms with Crippen LogP contribution in [0.4, 0.5) is 11.4 Å². The zero-order valence-corrected chi connectivity index (χ0v) is 23.3. The summed E-state index contributed by atoms with van der Waals surface area (Å²) in [6.07, 6.45) is 3.40. The van der Waals surface area contributed by atoms with Gasteiger partial charge in [0, 0.05) is 20.6 Å². The summed E-state index contributed by atoms with van der Waals surface area (Å²) >= 11 is 1.71. The fourth-order valence-electron chi connectivity index (χ4n) is 5.56. The molecule has 0 aromatic heterocycles. The summed E-state index contributed by atoms with van der Waals surface area (Å²) in [5.74, 6) is 0. The van der Waals surface area contributed by atoms with Crippen LogP contribution in [0.5, 0.6) is 0 Å². The third-order valence-corrected chi connectivity index (χ3v) is 8.51. The number of rotatable bonds is 6. The number of aryl methyl sites for hydroxylation is 2. The van der Waals surface area contributed by atoms with E-state index in [1.165, 1.54) is 0 Å². The molecule has 0 unspecified atom stereocenters. The Kier molecular flexibility index (Phi) is 7.16. The first-order chi connectivity index (χ1) is 20.1. The second kappa shape index (κ2) is 11.2. The van der Waals surface area contributed by atoms with Crippen LogP contribution in [0.2, 0.25) is 0 Å². The molecule has 6 aromatic rings. The molecule has 6 aromatic carbocycles. The molecule has 0 N–H and O–H groups in total. The summed E-state index contributed by atoms with van der Waals surface area (Å²) in [4.78, 5) is 32.4. The molecule has 0 saturated carbocycles. The number of fused-ring (bicyclic) bond motifs is 2. The zero-order valence-electron chi connectivity index (χ0n) is 22.5. The molecule has 41 heavy (non-hydrogen) atoms. The first kappa shape index (κ1) is 26.2. The Labute approximate surface area is 242 Å². The first-order valence-electron chi connectivity index (χ1n) is 13.2. The SMILES string of the molecule is Cc1cccc2c(-c3ccccc3Sc3ccccc3-c3ccc(N=C=O)c4c(C)cccc34)ccc(N=C=O)c12. The standard InChI is InChI=1S/C36H24N2O2S/c1-23-9-7-13-29-25(17-19-31(35(23)29)37-21-39)27-11-3-5-15-33(27)41-34-16-6-4-12-28(34)26-18-20-32(38-22-40)36-24(2)10-8-14-30(26)36/h3-20H,1-2H3. The summed E-state index contributed by atoms with van der Waals surface area (Å²) in [5, 5.41) is 3.98. The molecule has 0 fully saturated rings. The van der Waals surface area contributed by atoms with Crippen molar-refractivity contribution in [1.29, 1.82) is 0 Å². The Balaban J connectivity index is 1.52. The largest absolute Gasteiger partial charge is 0.240 e. The summed E-state index contributed by atoms with van der Waals surface area (Å²) in [6.45, 7) is 4.06. The number of aliphatic imine (C=N–C) groups is 2. The molecule has 5 heteroatoms. The number of carbonyl (C=O) groups excluding carboxylic acids is 2. The van der Waals surface area contributed by atoms with Gasteiger partial charge in [-0.25, -0.2) is 9.59 Å². The predicted molar refractivity (Wildman–Crippen MR) is 168 cm³/mol. The van der Waals surface area contributed by atoms with E-state index in [0.29, 0.717) is 11.4 Å². The minimum Gasteiger partial charge on any atom is -0.211 e. The lowest BCUT2D eigenvalue weighted by atomic mass is 9.94. The van der Waals surface area contributed by atoms with Crippen LogP contribution in [0, 0.1) is 13.8 Å². The van der Waals surface area contributed by atoms with Gasteiger partial charge in [0.2, 0.25) is 12.2 Å². The van der Waals surface area contributed by atoms with Gasteiger partial charge in [-0.1, -0.05) is 96.7 Å². The van der Waals surface area contributed by atoms with Crippen molar-refractivity contribution in [3.05, 3.63) is 120 Å². The van der Waals surface area contributed by atoms with Crippen LogP contribution < -0.4 is 0 Å². The third-order valence-electron chi connectivity index (χ3n) is 7.36. The van der Waals surface area contributed by atoms with Crippen molar-refractivity contribution in [2.75, 3.05) is 0 Å². The van der Waals surface area contributed by atoms with Gasteiger partial charge in [-0.05, 0) is 82.3 Å². The summed E-state index contributed by atoms with van der Waals surface area (Å²) in [6, 6.07) is 36.9. The Morgan fingerprint density at radius 1 is 0.488 bits per heavy atom. The molecule has 0 radical (unpaired) electrons. The highest BCUT2D eigenvalue weighted by atomic mass is 32.2. The maximum atomic E-state index is 11.1. The van der Waals surface area contributed by atoms with Gasteiger partial charge in [0.1, 0.15) is 0 Å². The molecule has 0 aliphatic carbocycles. The molecular weight excluding hydrogens is 524 g/mol. The summed E-state index contributed by atoms with van der Waals surface area (Å²) in [7, 11) is 0. The van der Waals surface area contributed by atoms with E-state index in [-0.39, 0.29) is 0 Å². The van der Waals surface area contributed by atoms with E-state index in [1.54, 1.807) is 23.9 Å². The molecule has 0 aliphatic rings. The highest BCUT2D eigenvalue weighted by Gasteiger charge is 2.16. The fraction of sp³-hybridized carbons (Fsp3) is 0.0556. The van der Waals surface area contributed by atoms with Crippen molar-refractivity contribution in [2.24, 2.45) is 9.98 Å². The van der Waals surface area contributed by atoms with Crippen LogP contribution in [0.3, 0.4) is 0 Å². The predicted octanol–water partition coefficient (Wildman–Crippen LogP) is 10.0. The van der Waals surface area contributed by atoms with E-state index in [1.807, 2.05) is 74.5 Å². The molecule has 0 atom stereocenters. The topological polar surface area (TPSA) is 58.9 Å². The Morgan fingerprint density at radius 2 is 0.927 bits per heavy atom. The van der Waals surface area contributed by atoms with Crippen molar-refractivity contribution >= 4 is 56.8 Å². The van der Waals surface area contributed by atoms with E-state index < -0.39 is 0 Å². The molecular formula is C36H24N2O2S. The minimum absolute atomic E-state index is 0.622. The Bertz CT molecular complexity index is 1920. The van der Waals surface area contributed by atoms with Gasteiger partial charge >= 0.3 is 0 Å². The summed E-state index contributed by atoms with van der Waals surface area (Å²) < 4.78 is 0. The monoisotopic (exact) mass is 548 g/mol. The second-order valence-electron chi connectivity index (χ2n) is 9.76. The maximum absolute atomic E-state index is 11.1. The second-order valence-corrected chi connectivity index (χ2v) is 10.8. The Morgan fingerprint density at radius 3 is 1.37 bits per heavy atom. The lowest BCUT2D eigenvalue weighted by Gasteiger charge is -2.17. The molecule has 0 saturated heterocycles. The van der Waals surface area contributed by atoms with Crippen molar-refractivity contribution < 1.29 is 9.59 Å². The van der Waals surface area contributed by atoms with Crippen molar-refractivity contribution in [3.8, 4) is 22.3 Å². The van der Waals surface area contributed by atoms with Gasteiger partial charge in [-0.15, -0.1) is 0 Å². The highest BCUT2D eigenvalue weighted by Crippen LogP contribution is 2.45. The number of nitrogens with zero attached hydrogens (tertiary/aromatic N) is 2. The van der Waals surface area contributed by atoms with Gasteiger partial charge in [0.25, 0.3) is 0 Å². The van der Waals surface area contributed by atoms with Crippen LogP contribution in [-0.2, 0) is 9.59 Å². The lowest BCUT2D eigenvalue weighted by molar-refractivity contribution is 0.564. The van der Waals surface area contributed by atoms with Gasteiger partial charge < -0.3 is 0 Å². The molecule has 6 rings (SSSR count). The van der Waals surface area contributed by atoms with Crippen molar-refractivity contribution in [1.82, 2.24) is 0 Å². The van der Waals surface area contributed by atoms with Crippen LogP contribution in [0.15, 0.2) is 129 Å². The van der Waals surface area contributed by atoms with E-state index >= 15 is 0 Å². The van der Waals surface area contributed by atoms with Crippen LogP contribution >= 0.6 is 11.8 Å². The van der Waals surface area contributed by atoms with Crippen LogP contribution in [-0.4, -0.2) is 12.2 Å². The molecule has 0 bridgehead atoms. The highest BCUT2D eigenvalue weighted by molar-refractivity contribution is 7.99. The molecule has 0 amide bonds. The minimum atomic E-state index is 0.622.